The lowest BCUT2D eigenvalue weighted by Crippen LogP contribution is -2.53. The maximum atomic E-state index is 12.8. The minimum atomic E-state index is -0.860. The van der Waals surface area contributed by atoms with Crippen molar-refractivity contribution in [2.24, 2.45) is 0 Å². The van der Waals surface area contributed by atoms with E-state index in [0.717, 1.165) is 12.0 Å². The van der Waals surface area contributed by atoms with Crippen LogP contribution in [-0.4, -0.2) is 60.4 Å². The Morgan fingerprint density at radius 1 is 1.17 bits per heavy atom. The van der Waals surface area contributed by atoms with Gasteiger partial charge in [-0.1, -0.05) is 18.2 Å². The first-order valence-corrected chi connectivity index (χ1v) is 7.97. The van der Waals surface area contributed by atoms with E-state index >= 15 is 0 Å². The number of piperidine rings is 1. The molecule has 1 amide bonds. The van der Waals surface area contributed by atoms with Gasteiger partial charge in [0.15, 0.2) is 0 Å². The smallest absolute Gasteiger partial charge is 0.303 e. The lowest BCUT2D eigenvalue weighted by molar-refractivity contribution is -0.160. The van der Waals surface area contributed by atoms with Crippen LogP contribution < -0.4 is 0 Å². The third-order valence-corrected chi connectivity index (χ3v) is 4.39. The zero-order valence-electron chi connectivity index (χ0n) is 12.9. The van der Waals surface area contributed by atoms with E-state index in [2.05, 4.69) is 0 Å². The molecule has 0 spiro atoms. The lowest BCUT2D eigenvalue weighted by Gasteiger charge is -2.40. The van der Waals surface area contributed by atoms with Crippen molar-refractivity contribution in [3.8, 4) is 0 Å². The van der Waals surface area contributed by atoms with Crippen LogP contribution in [0, 0.1) is 0 Å². The van der Waals surface area contributed by atoms with Crippen molar-refractivity contribution in [1.29, 1.82) is 0 Å². The van der Waals surface area contributed by atoms with E-state index in [1.807, 2.05) is 18.2 Å². The van der Waals surface area contributed by atoms with E-state index in [9.17, 15) is 9.59 Å². The first-order chi connectivity index (χ1) is 11.1. The van der Waals surface area contributed by atoms with Gasteiger partial charge in [-0.3, -0.25) is 9.59 Å². The number of carbonyl (C=O) groups is 2. The molecule has 0 saturated carbocycles. The Bertz CT molecular complexity index is 588. The van der Waals surface area contributed by atoms with Gasteiger partial charge < -0.3 is 19.5 Å². The summed E-state index contributed by atoms with van der Waals surface area (Å²) in [4.78, 5) is 25.4. The largest absolute Gasteiger partial charge is 0.481 e. The normalized spacial score (nSPS) is 24.1. The second-order valence-corrected chi connectivity index (χ2v) is 5.91. The molecule has 0 aliphatic carbocycles. The second kappa shape index (κ2) is 7.10. The average Bonchev–Trinajstić information content (AvgIpc) is 2.59. The molecule has 3 rings (SSSR count). The monoisotopic (exact) mass is 319 g/mol. The Hall–Kier alpha value is -1.92. The van der Waals surface area contributed by atoms with E-state index in [-0.39, 0.29) is 24.5 Å². The fourth-order valence-electron chi connectivity index (χ4n) is 3.19. The summed E-state index contributed by atoms with van der Waals surface area (Å²) in [5, 5.41) is 8.86. The summed E-state index contributed by atoms with van der Waals surface area (Å²) in [5.41, 5.74) is 1.37. The minimum Gasteiger partial charge on any atom is -0.481 e. The molecule has 2 atom stereocenters. The summed E-state index contributed by atoms with van der Waals surface area (Å²) < 4.78 is 11.4. The van der Waals surface area contributed by atoms with E-state index in [1.54, 1.807) is 11.0 Å². The van der Waals surface area contributed by atoms with Crippen molar-refractivity contribution in [1.82, 2.24) is 4.90 Å². The maximum Gasteiger partial charge on any atom is 0.303 e. The van der Waals surface area contributed by atoms with Gasteiger partial charge in [0, 0.05) is 25.1 Å². The summed E-state index contributed by atoms with van der Waals surface area (Å²) in [6, 6.07) is 7.23. The van der Waals surface area contributed by atoms with Crippen LogP contribution in [0.2, 0.25) is 0 Å². The highest BCUT2D eigenvalue weighted by atomic mass is 16.6. The number of amides is 1. The molecule has 23 heavy (non-hydrogen) atoms. The third-order valence-electron chi connectivity index (χ3n) is 4.39. The van der Waals surface area contributed by atoms with Crippen LogP contribution in [0.15, 0.2) is 24.3 Å². The van der Waals surface area contributed by atoms with Crippen molar-refractivity contribution in [2.45, 2.75) is 31.5 Å². The first-order valence-electron chi connectivity index (χ1n) is 7.97. The highest BCUT2D eigenvalue weighted by Gasteiger charge is 2.35. The van der Waals surface area contributed by atoms with Crippen LogP contribution in [0.4, 0.5) is 0 Å². The number of aliphatic carboxylic acids is 1. The molecule has 6 heteroatoms. The molecule has 1 aromatic rings. The number of hydrogen-bond donors (Lipinski definition) is 1. The zero-order chi connectivity index (χ0) is 16.2. The summed E-state index contributed by atoms with van der Waals surface area (Å²) in [6.07, 6.45) is 1.17. The van der Waals surface area contributed by atoms with Gasteiger partial charge in [-0.05, 0) is 24.5 Å². The van der Waals surface area contributed by atoms with Gasteiger partial charge in [-0.25, -0.2) is 0 Å². The molecular formula is C17H21NO5. The molecule has 0 unspecified atom stereocenters. The Morgan fingerprint density at radius 3 is 2.70 bits per heavy atom. The standard InChI is InChI=1S/C17H21NO5/c19-16(20)6-5-12-3-1-2-4-13(12)17(21)18-8-7-14-15(11-18)23-10-9-22-14/h1-4,14-15H,5-11H2,(H,19,20)/t14-,15-/m0/s1. The molecule has 0 bridgehead atoms. The van der Waals surface area contributed by atoms with Crippen LogP contribution in [0.5, 0.6) is 0 Å². The fourth-order valence-corrected chi connectivity index (χ4v) is 3.19. The van der Waals surface area contributed by atoms with E-state index in [0.29, 0.717) is 38.3 Å². The summed E-state index contributed by atoms with van der Waals surface area (Å²) in [5.74, 6) is -0.917. The van der Waals surface area contributed by atoms with E-state index in [1.165, 1.54) is 0 Å². The molecule has 2 heterocycles. The molecule has 2 aliphatic rings. The Labute approximate surface area is 135 Å². The molecule has 1 aromatic carbocycles. The number of likely N-dealkylation sites (tertiary alicyclic amines) is 1. The lowest BCUT2D eigenvalue weighted by atomic mass is 9.99. The molecule has 2 aliphatic heterocycles. The van der Waals surface area contributed by atoms with Crippen molar-refractivity contribution in [3.05, 3.63) is 35.4 Å². The maximum absolute atomic E-state index is 12.8. The Balaban J connectivity index is 1.71. The number of benzene rings is 1. The van der Waals surface area contributed by atoms with Gasteiger partial charge >= 0.3 is 5.97 Å². The van der Waals surface area contributed by atoms with Crippen LogP contribution in [0.1, 0.15) is 28.8 Å². The Morgan fingerprint density at radius 2 is 1.91 bits per heavy atom. The second-order valence-electron chi connectivity index (χ2n) is 5.91. The number of aryl methyl sites for hydroxylation is 1. The number of rotatable bonds is 4. The van der Waals surface area contributed by atoms with E-state index < -0.39 is 5.97 Å². The molecule has 1 N–H and O–H groups in total. The van der Waals surface area contributed by atoms with Crippen molar-refractivity contribution in [3.63, 3.8) is 0 Å². The van der Waals surface area contributed by atoms with Crippen LogP contribution in [0.25, 0.3) is 0 Å². The Kier molecular flexibility index (Phi) is 4.93. The fraction of sp³-hybridized carbons (Fsp3) is 0.529. The molecule has 2 saturated heterocycles. The number of carboxylic acids is 1. The van der Waals surface area contributed by atoms with Gasteiger partial charge in [0.25, 0.3) is 5.91 Å². The van der Waals surface area contributed by atoms with Gasteiger partial charge in [0.1, 0.15) is 6.10 Å². The number of carbonyl (C=O) groups excluding carboxylic acids is 1. The molecule has 0 aromatic heterocycles. The van der Waals surface area contributed by atoms with Crippen molar-refractivity contribution >= 4 is 11.9 Å². The predicted molar refractivity (Wildman–Crippen MR) is 82.4 cm³/mol. The number of hydrogen-bond acceptors (Lipinski definition) is 4. The number of nitrogens with zero attached hydrogens (tertiary/aromatic N) is 1. The van der Waals surface area contributed by atoms with Gasteiger partial charge in [0.2, 0.25) is 0 Å². The molecule has 124 valence electrons. The number of ether oxygens (including phenoxy) is 2. The quantitative estimate of drug-likeness (QED) is 0.906. The van der Waals surface area contributed by atoms with Crippen LogP contribution in [-0.2, 0) is 20.7 Å². The van der Waals surface area contributed by atoms with Crippen LogP contribution >= 0.6 is 0 Å². The summed E-state index contributed by atoms with van der Waals surface area (Å²) in [6.45, 7) is 2.35. The highest BCUT2D eigenvalue weighted by Crippen LogP contribution is 2.23. The molecule has 2 fully saturated rings. The van der Waals surface area contributed by atoms with E-state index in [4.69, 9.17) is 14.6 Å². The van der Waals surface area contributed by atoms with Gasteiger partial charge in [0.05, 0.1) is 19.3 Å². The first kappa shape index (κ1) is 16.0. The number of fused-ring (bicyclic) bond motifs is 1. The van der Waals surface area contributed by atoms with Crippen molar-refractivity contribution < 1.29 is 24.2 Å². The SMILES string of the molecule is O=C(O)CCc1ccccc1C(=O)N1CC[C@@H]2OCCO[C@H]2C1. The molecule has 6 nitrogen and oxygen atoms in total. The summed E-state index contributed by atoms with van der Waals surface area (Å²) in [7, 11) is 0. The highest BCUT2D eigenvalue weighted by molar-refractivity contribution is 5.96. The van der Waals surface area contributed by atoms with Crippen LogP contribution in [0.3, 0.4) is 0 Å². The zero-order valence-corrected chi connectivity index (χ0v) is 12.9. The predicted octanol–water partition coefficient (Wildman–Crippen LogP) is 1.33. The average molecular weight is 319 g/mol. The number of carboxylic acid groups (broad SMARTS) is 1. The van der Waals surface area contributed by atoms with Gasteiger partial charge in [-0.15, -0.1) is 0 Å². The topological polar surface area (TPSA) is 76.1 Å². The molecular weight excluding hydrogens is 298 g/mol. The van der Waals surface area contributed by atoms with Crippen molar-refractivity contribution in [2.75, 3.05) is 26.3 Å². The van der Waals surface area contributed by atoms with Gasteiger partial charge in [-0.2, -0.15) is 0 Å². The molecule has 0 radical (unpaired) electrons. The minimum absolute atomic E-state index is 0.0198. The summed E-state index contributed by atoms with van der Waals surface area (Å²) >= 11 is 0. The third kappa shape index (κ3) is 3.71.